The van der Waals surface area contributed by atoms with Gasteiger partial charge < -0.3 is 9.72 Å². The number of hydrazine groups is 1. The van der Waals surface area contributed by atoms with Crippen LogP contribution in [0.5, 0.6) is 0 Å². The normalized spacial score (nSPS) is 20.2. The van der Waals surface area contributed by atoms with E-state index in [0.29, 0.717) is 6.61 Å². The van der Waals surface area contributed by atoms with Crippen LogP contribution in [0.4, 0.5) is 0 Å². The van der Waals surface area contributed by atoms with Crippen LogP contribution in [-0.4, -0.2) is 33.8 Å². The lowest BCUT2D eigenvalue weighted by atomic mass is 10.0. The summed E-state index contributed by atoms with van der Waals surface area (Å²) >= 11 is 0. The van der Waals surface area contributed by atoms with Gasteiger partial charge in [-0.1, -0.05) is 42.5 Å². The number of ether oxygens (including phenoxy) is 1. The second-order valence-corrected chi connectivity index (χ2v) is 6.83. The average molecular weight is 378 g/mol. The van der Waals surface area contributed by atoms with Gasteiger partial charge in [0.15, 0.2) is 0 Å². The topological polar surface area (TPSA) is 104 Å². The van der Waals surface area contributed by atoms with E-state index in [2.05, 4.69) is 17.1 Å². The molecule has 1 aliphatic heterocycles. The third-order valence-corrected chi connectivity index (χ3v) is 5.03. The zero-order valence-corrected chi connectivity index (χ0v) is 15.2. The van der Waals surface area contributed by atoms with E-state index in [4.69, 9.17) is 15.8 Å². The minimum atomic E-state index is -0.573. The molecule has 0 bridgehead atoms. The van der Waals surface area contributed by atoms with E-state index in [1.165, 1.54) is 17.0 Å². The van der Waals surface area contributed by atoms with Crippen molar-refractivity contribution in [3.63, 3.8) is 0 Å². The second kappa shape index (κ2) is 7.95. The molecule has 2 atom stereocenters. The van der Waals surface area contributed by atoms with E-state index in [-0.39, 0.29) is 12.3 Å². The number of nitrogens with zero attached hydrogens (tertiary/aromatic N) is 1. The van der Waals surface area contributed by atoms with Crippen LogP contribution in [-0.2, 0) is 16.0 Å². The van der Waals surface area contributed by atoms with Crippen molar-refractivity contribution in [3.05, 3.63) is 77.5 Å². The van der Waals surface area contributed by atoms with Gasteiger partial charge in [-0.15, -0.1) is 0 Å². The molecule has 1 unspecified atom stereocenters. The maximum Gasteiger partial charge on any atom is 0.267 e. The maximum absolute atomic E-state index is 11.1. The highest BCUT2D eigenvalue weighted by Gasteiger charge is 2.33. The molecule has 0 saturated carbocycles. The lowest BCUT2D eigenvalue weighted by molar-refractivity contribution is -0.124. The number of benzene rings is 2. The number of amides is 1. The van der Waals surface area contributed by atoms with Crippen LogP contribution in [0.1, 0.15) is 22.9 Å². The Balaban J connectivity index is 1.44. The molecule has 1 amide bonds. The van der Waals surface area contributed by atoms with Crippen molar-refractivity contribution in [2.75, 3.05) is 6.61 Å². The van der Waals surface area contributed by atoms with Gasteiger partial charge in [0.25, 0.3) is 5.91 Å². The number of carbonyl (C=O) groups excluding carboxylic acids is 1. The molecule has 28 heavy (non-hydrogen) atoms. The van der Waals surface area contributed by atoms with Crippen molar-refractivity contribution in [2.45, 2.75) is 18.7 Å². The number of fused-ring (bicyclic) bond motifs is 1. The summed E-state index contributed by atoms with van der Waals surface area (Å²) < 4.78 is 5.96. The number of hydroxylamine groups is 1. The first-order valence-electron chi connectivity index (χ1n) is 9.07. The van der Waals surface area contributed by atoms with Crippen LogP contribution in [0.15, 0.2) is 60.8 Å². The molecule has 144 valence electrons. The molecule has 7 heteroatoms. The van der Waals surface area contributed by atoms with Gasteiger partial charge in [0.2, 0.25) is 0 Å². The van der Waals surface area contributed by atoms with Gasteiger partial charge in [-0.25, -0.2) is 10.5 Å². The molecule has 7 nitrogen and oxygen atoms in total. The first-order valence-corrected chi connectivity index (χ1v) is 9.07. The van der Waals surface area contributed by atoms with Crippen molar-refractivity contribution < 1.29 is 14.7 Å². The molecular formula is C21H22N4O3. The second-order valence-electron chi connectivity index (χ2n) is 6.83. The summed E-state index contributed by atoms with van der Waals surface area (Å²) in [6.45, 7) is 0.555. The number of H-pyrrole nitrogens is 1. The Labute approximate surface area is 162 Å². The molecule has 3 aromatic rings. The molecule has 0 aliphatic carbocycles. The van der Waals surface area contributed by atoms with Crippen molar-refractivity contribution in [2.24, 2.45) is 5.84 Å². The third-order valence-electron chi connectivity index (χ3n) is 5.03. The first-order chi connectivity index (χ1) is 13.7. The van der Waals surface area contributed by atoms with Crippen LogP contribution < -0.4 is 11.3 Å². The minimum Gasteiger partial charge on any atom is -0.361 e. The van der Waals surface area contributed by atoms with Gasteiger partial charge >= 0.3 is 0 Å². The molecule has 0 spiro atoms. The van der Waals surface area contributed by atoms with Crippen LogP contribution >= 0.6 is 0 Å². The molecule has 1 aromatic heterocycles. The van der Waals surface area contributed by atoms with E-state index in [9.17, 15) is 4.79 Å². The van der Waals surface area contributed by atoms with E-state index in [1.54, 1.807) is 16.6 Å². The van der Waals surface area contributed by atoms with Crippen LogP contribution in [0.3, 0.4) is 0 Å². The van der Waals surface area contributed by atoms with Gasteiger partial charge in [-0.05, 0) is 35.3 Å². The molecular weight excluding hydrogens is 356 g/mol. The monoisotopic (exact) mass is 378 g/mol. The summed E-state index contributed by atoms with van der Waals surface area (Å²) in [6.07, 6.45) is 5.40. The molecule has 4 rings (SSSR count). The van der Waals surface area contributed by atoms with E-state index in [0.717, 1.165) is 23.1 Å². The molecule has 1 saturated heterocycles. The highest BCUT2D eigenvalue weighted by molar-refractivity contribution is 5.90. The number of aromatic amines is 1. The van der Waals surface area contributed by atoms with Crippen LogP contribution in [0, 0.1) is 0 Å². The van der Waals surface area contributed by atoms with Gasteiger partial charge in [-0.2, -0.15) is 0 Å². The molecule has 1 aliphatic rings. The summed E-state index contributed by atoms with van der Waals surface area (Å²) in [5.41, 5.74) is 5.69. The number of nitrogens with one attached hydrogen (secondary N) is 2. The van der Waals surface area contributed by atoms with E-state index >= 15 is 0 Å². The number of nitrogens with two attached hydrogens (primary N) is 1. The predicted molar refractivity (Wildman–Crippen MR) is 106 cm³/mol. The Morgan fingerprint density at radius 3 is 2.86 bits per heavy atom. The van der Waals surface area contributed by atoms with E-state index in [1.807, 2.05) is 42.6 Å². The Hall–Kier alpha value is -2.97. The molecule has 2 aromatic carbocycles. The Morgan fingerprint density at radius 1 is 1.29 bits per heavy atom. The van der Waals surface area contributed by atoms with Gasteiger partial charge in [0.05, 0.1) is 12.6 Å². The number of aromatic nitrogens is 1. The fraction of sp³-hybridized carbons (Fsp3) is 0.190. The van der Waals surface area contributed by atoms with Crippen molar-refractivity contribution >= 4 is 22.9 Å². The highest BCUT2D eigenvalue weighted by Crippen LogP contribution is 2.30. The third kappa shape index (κ3) is 3.69. The molecule has 5 N–H and O–H groups in total. The Morgan fingerprint density at radius 2 is 2.07 bits per heavy atom. The number of rotatable bonds is 5. The number of para-hydroxylation sites is 1. The number of hydrogen-bond donors (Lipinski definition) is 4. The average Bonchev–Trinajstić information content (AvgIpc) is 3.31. The quantitative estimate of drug-likeness (QED) is 0.236. The summed E-state index contributed by atoms with van der Waals surface area (Å²) in [6, 6.07) is 15.9. The zero-order chi connectivity index (χ0) is 19.5. The summed E-state index contributed by atoms with van der Waals surface area (Å²) in [7, 11) is 0. The Kier molecular flexibility index (Phi) is 5.23. The lowest BCUT2D eigenvalue weighted by Crippen LogP contribution is -2.40. The first kappa shape index (κ1) is 18.4. The molecule has 2 heterocycles. The predicted octanol–water partition coefficient (Wildman–Crippen LogP) is 2.50. The largest absolute Gasteiger partial charge is 0.361 e. The smallest absolute Gasteiger partial charge is 0.267 e. The summed E-state index contributed by atoms with van der Waals surface area (Å²) in [4.78, 5) is 14.4. The standard InChI is InChI=1S/C21H22N4O3/c22-25-17(11-16-12-23-19-4-2-1-3-18(16)19)13-28-21(25)15-8-5-14(6-9-15)7-10-20(26)24-27/h1-10,12,17,21,23,27H,11,13,22H2,(H,24,26)/b10-7+/t17-,21?/m1/s1. The molecule has 1 fully saturated rings. The Bertz CT molecular complexity index is 996. The van der Waals surface area contributed by atoms with Crippen molar-refractivity contribution in [1.29, 1.82) is 0 Å². The van der Waals surface area contributed by atoms with E-state index < -0.39 is 5.91 Å². The number of carbonyl (C=O) groups is 1. The van der Waals surface area contributed by atoms with Gasteiger partial charge in [0.1, 0.15) is 6.23 Å². The van der Waals surface area contributed by atoms with Crippen LogP contribution in [0.2, 0.25) is 0 Å². The van der Waals surface area contributed by atoms with Crippen molar-refractivity contribution in [3.8, 4) is 0 Å². The highest BCUT2D eigenvalue weighted by atomic mass is 16.5. The van der Waals surface area contributed by atoms with Gasteiger partial charge in [-0.3, -0.25) is 15.8 Å². The van der Waals surface area contributed by atoms with Crippen LogP contribution in [0.25, 0.3) is 17.0 Å². The summed E-state index contributed by atoms with van der Waals surface area (Å²) in [5.74, 6) is 5.80. The maximum atomic E-state index is 11.1. The minimum absolute atomic E-state index is 0.0806. The SMILES string of the molecule is NN1C(c2ccc(/C=C/C(=O)NO)cc2)OC[C@H]1Cc1c[nH]c2ccccc12. The molecule has 0 radical (unpaired) electrons. The summed E-state index contributed by atoms with van der Waals surface area (Å²) in [5, 5.41) is 11.5. The van der Waals surface area contributed by atoms with Gasteiger partial charge in [0, 0.05) is 23.2 Å². The zero-order valence-electron chi connectivity index (χ0n) is 15.2. The van der Waals surface area contributed by atoms with Crippen molar-refractivity contribution in [1.82, 2.24) is 15.5 Å². The lowest BCUT2D eigenvalue weighted by Gasteiger charge is -2.23. The fourth-order valence-corrected chi connectivity index (χ4v) is 3.53. The fourth-order valence-electron chi connectivity index (χ4n) is 3.53. The number of hydrogen-bond acceptors (Lipinski definition) is 5.